The summed E-state index contributed by atoms with van der Waals surface area (Å²) in [5.41, 5.74) is 2.40. The van der Waals surface area contributed by atoms with Crippen LogP contribution < -0.4 is 5.32 Å². The van der Waals surface area contributed by atoms with E-state index < -0.39 is 0 Å². The number of rotatable bonds is 0. The fourth-order valence-electron chi connectivity index (χ4n) is 1.80. The third kappa shape index (κ3) is 1.48. The van der Waals surface area contributed by atoms with E-state index in [1.807, 2.05) is 12.1 Å². The summed E-state index contributed by atoms with van der Waals surface area (Å²) < 4.78 is 0. The summed E-state index contributed by atoms with van der Waals surface area (Å²) in [7, 11) is 0. The van der Waals surface area contributed by atoms with Crippen molar-refractivity contribution in [2.24, 2.45) is 5.92 Å². The molecule has 1 aromatic rings. The monoisotopic (exact) mass is 177 g/mol. The van der Waals surface area contributed by atoms with Gasteiger partial charge in [0.25, 0.3) is 0 Å². The third-order valence-electron chi connectivity index (χ3n) is 2.87. The van der Waals surface area contributed by atoms with Crippen molar-refractivity contribution in [2.45, 2.75) is 26.3 Å². The lowest BCUT2D eigenvalue weighted by atomic mass is 9.89. The first-order valence-electron chi connectivity index (χ1n) is 4.75. The molecule has 1 aromatic carbocycles. The maximum Gasteiger partial charge on any atom is 0.116 e. The van der Waals surface area contributed by atoms with Gasteiger partial charge < -0.3 is 10.4 Å². The Morgan fingerprint density at radius 3 is 2.92 bits per heavy atom. The smallest absolute Gasteiger partial charge is 0.116 e. The number of aromatic hydroxyl groups is 1. The Morgan fingerprint density at radius 2 is 2.15 bits per heavy atom. The van der Waals surface area contributed by atoms with E-state index >= 15 is 0 Å². The molecule has 1 aliphatic heterocycles. The zero-order valence-electron chi connectivity index (χ0n) is 8.04. The molecule has 0 saturated heterocycles. The Kier molecular flexibility index (Phi) is 1.91. The fourth-order valence-corrected chi connectivity index (χ4v) is 1.80. The molecule has 13 heavy (non-hydrogen) atoms. The normalized spacial score (nSPS) is 26.3. The van der Waals surface area contributed by atoms with Crippen molar-refractivity contribution in [1.29, 1.82) is 0 Å². The molecule has 0 spiro atoms. The van der Waals surface area contributed by atoms with Gasteiger partial charge in [0.05, 0.1) is 0 Å². The molecular weight excluding hydrogens is 162 g/mol. The van der Waals surface area contributed by atoms with E-state index in [4.69, 9.17) is 0 Å². The van der Waals surface area contributed by atoms with Gasteiger partial charge in [-0.3, -0.25) is 0 Å². The van der Waals surface area contributed by atoms with Crippen molar-refractivity contribution in [2.75, 3.05) is 5.32 Å². The molecular formula is C11H15NO. The van der Waals surface area contributed by atoms with Gasteiger partial charge in [0.2, 0.25) is 0 Å². The Hall–Kier alpha value is -1.18. The van der Waals surface area contributed by atoms with Gasteiger partial charge in [-0.2, -0.15) is 0 Å². The molecule has 2 unspecified atom stereocenters. The van der Waals surface area contributed by atoms with Crippen LogP contribution in [0.5, 0.6) is 5.75 Å². The summed E-state index contributed by atoms with van der Waals surface area (Å²) >= 11 is 0. The van der Waals surface area contributed by atoms with Gasteiger partial charge in [0.1, 0.15) is 5.75 Å². The van der Waals surface area contributed by atoms with E-state index in [1.165, 1.54) is 11.3 Å². The van der Waals surface area contributed by atoms with Gasteiger partial charge in [0.15, 0.2) is 0 Å². The zero-order valence-corrected chi connectivity index (χ0v) is 8.04. The third-order valence-corrected chi connectivity index (χ3v) is 2.87. The molecule has 0 bridgehead atoms. The summed E-state index contributed by atoms with van der Waals surface area (Å²) in [5, 5.41) is 12.7. The van der Waals surface area contributed by atoms with E-state index in [2.05, 4.69) is 19.2 Å². The lowest BCUT2D eigenvalue weighted by Crippen LogP contribution is -2.30. The summed E-state index contributed by atoms with van der Waals surface area (Å²) in [6, 6.07) is 6.06. The number of nitrogens with one attached hydrogen (secondary N) is 1. The Morgan fingerprint density at radius 1 is 1.38 bits per heavy atom. The van der Waals surface area contributed by atoms with Crippen molar-refractivity contribution in [3.63, 3.8) is 0 Å². The molecule has 0 saturated carbocycles. The molecule has 0 radical (unpaired) electrons. The predicted octanol–water partition coefficient (Wildman–Crippen LogP) is 2.38. The van der Waals surface area contributed by atoms with Crippen LogP contribution in [-0.2, 0) is 6.42 Å². The largest absolute Gasteiger partial charge is 0.508 e. The first-order chi connectivity index (χ1) is 6.16. The summed E-state index contributed by atoms with van der Waals surface area (Å²) in [5.74, 6) is 0.997. The van der Waals surface area contributed by atoms with Gasteiger partial charge in [-0.25, -0.2) is 0 Å². The molecule has 70 valence electrons. The van der Waals surface area contributed by atoms with Crippen molar-refractivity contribution >= 4 is 5.69 Å². The van der Waals surface area contributed by atoms with Crippen molar-refractivity contribution < 1.29 is 5.11 Å². The van der Waals surface area contributed by atoms with Crippen LogP contribution in [0.15, 0.2) is 18.2 Å². The molecule has 1 heterocycles. The van der Waals surface area contributed by atoms with Gasteiger partial charge in [-0.05, 0) is 43.0 Å². The first-order valence-corrected chi connectivity index (χ1v) is 4.75. The van der Waals surface area contributed by atoms with Gasteiger partial charge in [-0.15, -0.1) is 0 Å². The summed E-state index contributed by atoms with van der Waals surface area (Å²) in [6.45, 7) is 4.42. The highest BCUT2D eigenvalue weighted by Crippen LogP contribution is 2.30. The van der Waals surface area contributed by atoms with E-state index in [0.717, 1.165) is 6.42 Å². The maximum absolute atomic E-state index is 9.31. The van der Waals surface area contributed by atoms with Crippen molar-refractivity contribution in [3.05, 3.63) is 23.8 Å². The molecule has 2 atom stereocenters. The SMILES string of the molecule is CC1Cc2cc(O)ccc2NC1C. The Labute approximate surface area is 78.6 Å². The number of benzene rings is 1. The second-order valence-electron chi connectivity index (χ2n) is 3.96. The standard InChI is InChI=1S/C11H15NO/c1-7-5-9-6-10(13)3-4-11(9)12-8(7)2/h3-4,6-8,12-13H,5H2,1-2H3. The number of fused-ring (bicyclic) bond motifs is 1. The second kappa shape index (κ2) is 2.95. The average Bonchev–Trinajstić information content (AvgIpc) is 2.08. The molecule has 2 N–H and O–H groups in total. The second-order valence-corrected chi connectivity index (χ2v) is 3.96. The molecule has 2 rings (SSSR count). The quantitative estimate of drug-likeness (QED) is 0.596. The van der Waals surface area contributed by atoms with Crippen molar-refractivity contribution in [3.8, 4) is 5.75 Å². The van der Waals surface area contributed by atoms with Gasteiger partial charge in [-0.1, -0.05) is 6.92 Å². The number of phenols is 1. The van der Waals surface area contributed by atoms with E-state index in [0.29, 0.717) is 17.7 Å². The zero-order chi connectivity index (χ0) is 9.42. The van der Waals surface area contributed by atoms with Crippen LogP contribution >= 0.6 is 0 Å². The molecule has 0 aromatic heterocycles. The molecule has 2 heteroatoms. The van der Waals surface area contributed by atoms with Crippen LogP contribution in [0.25, 0.3) is 0 Å². The van der Waals surface area contributed by atoms with E-state index in [1.54, 1.807) is 6.07 Å². The number of hydrogen-bond acceptors (Lipinski definition) is 2. The van der Waals surface area contributed by atoms with E-state index in [9.17, 15) is 5.11 Å². The van der Waals surface area contributed by atoms with Crippen LogP contribution in [0, 0.1) is 5.92 Å². The van der Waals surface area contributed by atoms with Crippen molar-refractivity contribution in [1.82, 2.24) is 0 Å². The molecule has 0 aliphatic carbocycles. The predicted molar refractivity (Wildman–Crippen MR) is 54.1 cm³/mol. The minimum absolute atomic E-state index is 0.363. The van der Waals surface area contributed by atoms with Gasteiger partial charge >= 0.3 is 0 Å². The highest BCUT2D eigenvalue weighted by molar-refractivity contribution is 5.56. The highest BCUT2D eigenvalue weighted by Gasteiger charge is 2.20. The highest BCUT2D eigenvalue weighted by atomic mass is 16.3. The topological polar surface area (TPSA) is 32.3 Å². The average molecular weight is 177 g/mol. The fraction of sp³-hybridized carbons (Fsp3) is 0.455. The number of hydrogen-bond donors (Lipinski definition) is 2. The maximum atomic E-state index is 9.31. The van der Waals surface area contributed by atoms with Crippen LogP contribution in [-0.4, -0.2) is 11.1 Å². The molecule has 0 fully saturated rings. The summed E-state index contributed by atoms with van der Waals surface area (Å²) in [6.07, 6.45) is 1.05. The van der Waals surface area contributed by atoms with Crippen LogP contribution in [0.4, 0.5) is 5.69 Å². The van der Waals surface area contributed by atoms with Crippen LogP contribution in [0.3, 0.4) is 0 Å². The minimum Gasteiger partial charge on any atom is -0.508 e. The van der Waals surface area contributed by atoms with Crippen LogP contribution in [0.1, 0.15) is 19.4 Å². The Balaban J connectivity index is 2.37. The number of phenolic OH excluding ortho intramolecular Hbond substituents is 1. The molecule has 2 nitrogen and oxygen atoms in total. The lowest BCUT2D eigenvalue weighted by molar-refractivity contribution is 0.466. The summed E-state index contributed by atoms with van der Waals surface area (Å²) in [4.78, 5) is 0. The van der Waals surface area contributed by atoms with Gasteiger partial charge in [0, 0.05) is 11.7 Å². The van der Waals surface area contributed by atoms with Crippen LogP contribution in [0.2, 0.25) is 0 Å². The minimum atomic E-state index is 0.363. The first kappa shape index (κ1) is 8.42. The molecule has 1 aliphatic rings. The van der Waals surface area contributed by atoms with E-state index in [-0.39, 0.29) is 0 Å². The lowest BCUT2D eigenvalue weighted by Gasteiger charge is -2.30. The molecule has 0 amide bonds. The number of anilines is 1. The Bertz CT molecular complexity index is 322.